The van der Waals surface area contributed by atoms with Crippen LogP contribution in [0.4, 0.5) is 0 Å². The van der Waals surface area contributed by atoms with Crippen molar-refractivity contribution in [1.82, 2.24) is 0 Å². The minimum atomic E-state index is 0.676. The van der Waals surface area contributed by atoms with Gasteiger partial charge in [-0.15, -0.1) is 0 Å². The third-order valence-electron chi connectivity index (χ3n) is 2.41. The maximum atomic E-state index is 5.48. The monoisotopic (exact) mass is 112 g/mol. The van der Waals surface area contributed by atoms with Crippen LogP contribution in [0.15, 0.2) is 0 Å². The largest absolute Gasteiger partial charge is 0.378 e. The van der Waals surface area contributed by atoms with Crippen LogP contribution >= 0.6 is 0 Å². The van der Waals surface area contributed by atoms with E-state index in [-0.39, 0.29) is 0 Å². The van der Waals surface area contributed by atoms with Crippen LogP contribution in [-0.2, 0) is 4.74 Å². The topological polar surface area (TPSA) is 9.23 Å². The van der Waals surface area contributed by atoms with E-state index in [1.807, 2.05) is 0 Å². The van der Waals surface area contributed by atoms with E-state index in [4.69, 9.17) is 4.74 Å². The Bertz CT molecular complexity index is 70.4. The second kappa shape index (κ2) is 1.73. The molecule has 1 aliphatic carbocycles. The average molecular weight is 112 g/mol. The molecule has 0 bridgehead atoms. The highest BCUT2D eigenvalue weighted by atomic mass is 16.5. The molecule has 1 nitrogen and oxygen atoms in total. The second-order valence-electron chi connectivity index (χ2n) is 2.89. The molecule has 0 N–H and O–H groups in total. The Kier molecular flexibility index (Phi) is 1.04. The van der Waals surface area contributed by atoms with Crippen LogP contribution in [0.1, 0.15) is 25.7 Å². The van der Waals surface area contributed by atoms with E-state index >= 15 is 0 Å². The van der Waals surface area contributed by atoms with Crippen molar-refractivity contribution in [2.24, 2.45) is 5.92 Å². The minimum Gasteiger partial charge on any atom is -0.378 e. The van der Waals surface area contributed by atoms with Crippen LogP contribution in [0.5, 0.6) is 0 Å². The van der Waals surface area contributed by atoms with Gasteiger partial charge >= 0.3 is 0 Å². The molecule has 0 aromatic carbocycles. The minimum absolute atomic E-state index is 0.676. The fraction of sp³-hybridized carbons (Fsp3) is 1.00. The molecule has 0 amide bonds. The lowest BCUT2D eigenvalue weighted by atomic mass is 10.1. The van der Waals surface area contributed by atoms with Gasteiger partial charge in [0.2, 0.25) is 0 Å². The predicted molar refractivity (Wildman–Crippen MR) is 31.7 cm³/mol. The van der Waals surface area contributed by atoms with Gasteiger partial charge in [0.15, 0.2) is 0 Å². The molecule has 2 rings (SSSR count). The predicted octanol–water partition coefficient (Wildman–Crippen LogP) is 1.58. The SMILES string of the molecule is C1CC2OCC[C@@H]2C1. The fourth-order valence-electron chi connectivity index (χ4n) is 1.92. The smallest absolute Gasteiger partial charge is 0.0604 e. The molecule has 0 aromatic heterocycles. The summed E-state index contributed by atoms with van der Waals surface area (Å²) in [5.41, 5.74) is 0. The molecular formula is C7H12O. The third kappa shape index (κ3) is 0.576. The molecule has 2 fully saturated rings. The molecule has 46 valence electrons. The Balaban J connectivity index is 2.04. The molecule has 2 aliphatic rings. The summed E-state index contributed by atoms with van der Waals surface area (Å²) in [7, 11) is 0. The number of fused-ring (bicyclic) bond motifs is 1. The molecule has 1 saturated carbocycles. The van der Waals surface area contributed by atoms with Crippen LogP contribution in [0.3, 0.4) is 0 Å². The number of hydrogen-bond acceptors (Lipinski definition) is 1. The first-order valence-electron chi connectivity index (χ1n) is 3.58. The Morgan fingerprint density at radius 2 is 2.12 bits per heavy atom. The van der Waals surface area contributed by atoms with E-state index in [1.165, 1.54) is 25.7 Å². The first-order valence-corrected chi connectivity index (χ1v) is 3.58. The lowest BCUT2D eigenvalue weighted by Gasteiger charge is -2.04. The summed E-state index contributed by atoms with van der Waals surface area (Å²) in [6.45, 7) is 1.04. The molecule has 1 aliphatic heterocycles. The van der Waals surface area contributed by atoms with Gasteiger partial charge in [-0.3, -0.25) is 0 Å². The van der Waals surface area contributed by atoms with E-state index in [0.29, 0.717) is 6.10 Å². The van der Waals surface area contributed by atoms with Gasteiger partial charge < -0.3 is 4.74 Å². The van der Waals surface area contributed by atoms with Crippen LogP contribution < -0.4 is 0 Å². The average Bonchev–Trinajstić information content (AvgIpc) is 2.15. The lowest BCUT2D eigenvalue weighted by molar-refractivity contribution is 0.103. The second-order valence-corrected chi connectivity index (χ2v) is 2.89. The van der Waals surface area contributed by atoms with E-state index in [0.717, 1.165) is 12.5 Å². The first kappa shape index (κ1) is 4.80. The summed E-state index contributed by atoms with van der Waals surface area (Å²) in [6, 6.07) is 0. The van der Waals surface area contributed by atoms with Crippen molar-refractivity contribution < 1.29 is 4.74 Å². The molecular weight excluding hydrogens is 100 g/mol. The zero-order chi connectivity index (χ0) is 5.40. The van der Waals surface area contributed by atoms with Crippen LogP contribution in [0.25, 0.3) is 0 Å². The van der Waals surface area contributed by atoms with Gasteiger partial charge in [-0.05, 0) is 25.2 Å². The van der Waals surface area contributed by atoms with Gasteiger partial charge in [0.05, 0.1) is 6.10 Å². The number of rotatable bonds is 0. The summed E-state index contributed by atoms with van der Waals surface area (Å²) in [6.07, 6.45) is 6.20. The van der Waals surface area contributed by atoms with Crippen molar-refractivity contribution in [3.05, 3.63) is 0 Å². The molecule has 8 heavy (non-hydrogen) atoms. The molecule has 1 saturated heterocycles. The van der Waals surface area contributed by atoms with E-state index in [1.54, 1.807) is 0 Å². The van der Waals surface area contributed by atoms with Crippen molar-refractivity contribution in [2.45, 2.75) is 31.8 Å². The number of hydrogen-bond donors (Lipinski definition) is 0. The molecule has 1 heterocycles. The summed E-state index contributed by atoms with van der Waals surface area (Å²) in [4.78, 5) is 0. The standard InChI is InChI=1S/C7H12O/c1-2-6-4-5-8-7(6)3-1/h6-7H,1-5H2/t6-,7?/m0/s1. The first-order chi connectivity index (χ1) is 3.97. The van der Waals surface area contributed by atoms with Crippen molar-refractivity contribution in [1.29, 1.82) is 0 Å². The van der Waals surface area contributed by atoms with Crippen molar-refractivity contribution in [2.75, 3.05) is 6.61 Å². The zero-order valence-corrected chi connectivity index (χ0v) is 5.10. The zero-order valence-electron chi connectivity index (χ0n) is 5.10. The molecule has 0 spiro atoms. The maximum Gasteiger partial charge on any atom is 0.0604 e. The van der Waals surface area contributed by atoms with Crippen molar-refractivity contribution >= 4 is 0 Å². The summed E-state index contributed by atoms with van der Waals surface area (Å²) < 4.78 is 5.48. The van der Waals surface area contributed by atoms with Gasteiger partial charge in [-0.1, -0.05) is 6.42 Å². The quantitative estimate of drug-likeness (QED) is 0.462. The Morgan fingerprint density at radius 3 is 3.00 bits per heavy atom. The lowest BCUT2D eigenvalue weighted by Crippen LogP contribution is -2.06. The molecule has 1 heteroatoms. The van der Waals surface area contributed by atoms with Gasteiger partial charge in [0.25, 0.3) is 0 Å². The Hall–Kier alpha value is -0.0400. The molecule has 1 unspecified atom stereocenters. The van der Waals surface area contributed by atoms with E-state index in [9.17, 15) is 0 Å². The molecule has 0 aromatic rings. The van der Waals surface area contributed by atoms with Gasteiger partial charge in [0, 0.05) is 6.61 Å². The van der Waals surface area contributed by atoms with Crippen LogP contribution in [-0.4, -0.2) is 12.7 Å². The van der Waals surface area contributed by atoms with Gasteiger partial charge in [-0.2, -0.15) is 0 Å². The fourth-order valence-corrected chi connectivity index (χ4v) is 1.92. The van der Waals surface area contributed by atoms with Gasteiger partial charge in [-0.25, -0.2) is 0 Å². The van der Waals surface area contributed by atoms with Crippen molar-refractivity contribution in [3.63, 3.8) is 0 Å². The summed E-state index contributed by atoms with van der Waals surface area (Å²) >= 11 is 0. The summed E-state index contributed by atoms with van der Waals surface area (Å²) in [5.74, 6) is 0.954. The highest BCUT2D eigenvalue weighted by Gasteiger charge is 2.31. The Morgan fingerprint density at radius 1 is 1.12 bits per heavy atom. The van der Waals surface area contributed by atoms with E-state index < -0.39 is 0 Å². The molecule has 0 radical (unpaired) electrons. The van der Waals surface area contributed by atoms with Crippen LogP contribution in [0, 0.1) is 5.92 Å². The maximum absolute atomic E-state index is 5.48. The van der Waals surface area contributed by atoms with Gasteiger partial charge in [0.1, 0.15) is 0 Å². The Labute approximate surface area is 50.0 Å². The molecule has 2 atom stereocenters. The highest BCUT2D eigenvalue weighted by Crippen LogP contribution is 2.35. The number of ether oxygens (including phenoxy) is 1. The normalized spacial score (nSPS) is 45.0. The highest BCUT2D eigenvalue weighted by molar-refractivity contribution is 4.81. The third-order valence-corrected chi connectivity index (χ3v) is 2.41. The van der Waals surface area contributed by atoms with Crippen LogP contribution in [0.2, 0.25) is 0 Å². The van der Waals surface area contributed by atoms with E-state index in [2.05, 4.69) is 0 Å². The van der Waals surface area contributed by atoms with Crippen molar-refractivity contribution in [3.8, 4) is 0 Å². The summed E-state index contributed by atoms with van der Waals surface area (Å²) in [5, 5.41) is 0.